The van der Waals surface area contributed by atoms with Gasteiger partial charge in [0, 0.05) is 11.8 Å². The Morgan fingerprint density at radius 1 is 0.923 bits per heavy atom. The molecule has 0 aliphatic heterocycles. The number of aliphatic hydroxyl groups is 1. The average Bonchev–Trinajstić information content (AvgIpc) is 2.70. The van der Waals surface area contributed by atoms with Crippen LogP contribution in [0.1, 0.15) is 32.1 Å². The van der Waals surface area contributed by atoms with Gasteiger partial charge in [0.15, 0.2) is 0 Å². The first kappa shape index (κ1) is 19.5. The second-order valence-electron chi connectivity index (χ2n) is 7.66. The first-order valence-electron chi connectivity index (χ1n) is 9.86. The molecule has 26 heavy (non-hydrogen) atoms. The lowest BCUT2D eigenvalue weighted by Crippen LogP contribution is -2.46. The van der Waals surface area contributed by atoms with E-state index >= 15 is 0 Å². The first-order chi connectivity index (χ1) is 12.6. The summed E-state index contributed by atoms with van der Waals surface area (Å²) in [5.41, 5.74) is 0. The third-order valence-electron chi connectivity index (χ3n) is 5.94. The molecule has 0 radical (unpaired) electrons. The minimum Gasteiger partial charge on any atom is -0.391 e. The van der Waals surface area contributed by atoms with E-state index in [9.17, 15) is 5.11 Å². The Hall–Kier alpha value is -1.29. The SMILES string of the molecule is CNC(C1CCCCC1)[C@H](O)CS(C)(c1ccccc1)c1ccccc1. The van der Waals surface area contributed by atoms with Gasteiger partial charge in [0.1, 0.15) is 0 Å². The van der Waals surface area contributed by atoms with Gasteiger partial charge in [-0.05, 0) is 66.1 Å². The van der Waals surface area contributed by atoms with Crippen LogP contribution in [0.5, 0.6) is 0 Å². The predicted molar refractivity (Wildman–Crippen MR) is 113 cm³/mol. The zero-order chi connectivity index (χ0) is 18.4. The molecule has 2 atom stereocenters. The predicted octanol–water partition coefficient (Wildman–Crippen LogP) is 5.07. The smallest absolute Gasteiger partial charge is 0.0777 e. The second-order valence-corrected chi connectivity index (χ2v) is 11.1. The van der Waals surface area contributed by atoms with E-state index in [-0.39, 0.29) is 12.1 Å². The van der Waals surface area contributed by atoms with Crippen molar-refractivity contribution < 1.29 is 5.11 Å². The molecule has 2 N–H and O–H groups in total. The van der Waals surface area contributed by atoms with Gasteiger partial charge in [0.05, 0.1) is 6.10 Å². The minimum absolute atomic E-state index is 0.189. The van der Waals surface area contributed by atoms with Crippen molar-refractivity contribution in [3.05, 3.63) is 60.7 Å². The summed E-state index contributed by atoms with van der Waals surface area (Å²) in [6.07, 6.45) is 8.46. The van der Waals surface area contributed by atoms with Crippen LogP contribution in [-0.4, -0.2) is 36.3 Å². The summed E-state index contributed by atoms with van der Waals surface area (Å²) in [6.45, 7) is 0. The van der Waals surface area contributed by atoms with E-state index in [2.05, 4.69) is 72.2 Å². The highest BCUT2D eigenvalue weighted by molar-refractivity contribution is 8.33. The van der Waals surface area contributed by atoms with Crippen molar-refractivity contribution in [3.63, 3.8) is 0 Å². The molecular formula is C23H33NOS. The fourth-order valence-electron chi connectivity index (χ4n) is 4.45. The lowest BCUT2D eigenvalue weighted by atomic mass is 9.82. The summed E-state index contributed by atoms with van der Waals surface area (Å²) in [5.74, 6) is 1.40. The van der Waals surface area contributed by atoms with Crippen molar-refractivity contribution >= 4 is 10.0 Å². The number of likely N-dealkylation sites (N-methyl/N-ethyl adjacent to an activating group) is 1. The van der Waals surface area contributed by atoms with E-state index in [0.717, 1.165) is 5.75 Å². The van der Waals surface area contributed by atoms with E-state index in [4.69, 9.17) is 0 Å². The van der Waals surface area contributed by atoms with Crippen LogP contribution in [0.25, 0.3) is 0 Å². The number of benzene rings is 2. The van der Waals surface area contributed by atoms with Crippen LogP contribution in [0.2, 0.25) is 0 Å². The molecule has 1 unspecified atom stereocenters. The third kappa shape index (κ3) is 4.33. The molecule has 1 saturated carbocycles. The van der Waals surface area contributed by atoms with Gasteiger partial charge in [-0.1, -0.05) is 55.7 Å². The molecule has 0 heterocycles. The fourth-order valence-corrected chi connectivity index (χ4v) is 7.51. The number of aliphatic hydroxyl groups excluding tert-OH is 1. The van der Waals surface area contributed by atoms with E-state index in [1.807, 2.05) is 7.05 Å². The highest BCUT2D eigenvalue weighted by Gasteiger charge is 2.33. The third-order valence-corrected chi connectivity index (χ3v) is 9.57. The summed E-state index contributed by atoms with van der Waals surface area (Å²) in [7, 11) is 0.735. The lowest BCUT2D eigenvalue weighted by molar-refractivity contribution is 0.105. The van der Waals surface area contributed by atoms with Crippen molar-refractivity contribution in [2.24, 2.45) is 5.92 Å². The van der Waals surface area contributed by atoms with Gasteiger partial charge in [-0.25, -0.2) is 0 Å². The zero-order valence-electron chi connectivity index (χ0n) is 16.1. The second kappa shape index (κ2) is 9.07. The maximum absolute atomic E-state index is 11.3. The molecular weight excluding hydrogens is 338 g/mol. The molecule has 2 aromatic carbocycles. The Bertz CT molecular complexity index is 615. The van der Waals surface area contributed by atoms with Crippen molar-refractivity contribution in [3.8, 4) is 0 Å². The molecule has 0 amide bonds. The van der Waals surface area contributed by atoms with Gasteiger partial charge in [0.25, 0.3) is 0 Å². The van der Waals surface area contributed by atoms with Crippen LogP contribution < -0.4 is 5.32 Å². The highest BCUT2D eigenvalue weighted by Crippen LogP contribution is 2.60. The van der Waals surface area contributed by atoms with Crippen LogP contribution >= 0.6 is 10.0 Å². The van der Waals surface area contributed by atoms with Crippen LogP contribution in [0.15, 0.2) is 70.5 Å². The number of hydrogen-bond acceptors (Lipinski definition) is 2. The molecule has 3 heteroatoms. The average molecular weight is 372 g/mol. The van der Waals surface area contributed by atoms with Crippen LogP contribution in [0, 0.1) is 5.92 Å². The fraction of sp³-hybridized carbons (Fsp3) is 0.478. The summed E-state index contributed by atoms with van der Waals surface area (Å²) < 4.78 is 0. The largest absolute Gasteiger partial charge is 0.391 e. The van der Waals surface area contributed by atoms with Gasteiger partial charge in [-0.2, -0.15) is 10.0 Å². The maximum Gasteiger partial charge on any atom is 0.0777 e. The van der Waals surface area contributed by atoms with Crippen LogP contribution in [0.4, 0.5) is 0 Å². The van der Waals surface area contributed by atoms with Gasteiger partial charge >= 0.3 is 0 Å². The Labute approximate surface area is 160 Å². The summed E-state index contributed by atoms with van der Waals surface area (Å²) in [6, 6.07) is 21.7. The molecule has 2 aromatic rings. The molecule has 0 aromatic heterocycles. The number of nitrogens with one attached hydrogen (secondary N) is 1. The van der Waals surface area contributed by atoms with Crippen molar-refractivity contribution in [1.29, 1.82) is 0 Å². The quantitative estimate of drug-likeness (QED) is 0.712. The Morgan fingerprint density at radius 3 is 1.88 bits per heavy atom. The molecule has 3 rings (SSSR count). The van der Waals surface area contributed by atoms with E-state index in [1.54, 1.807) is 0 Å². The summed E-state index contributed by atoms with van der Waals surface area (Å²) in [5, 5.41) is 14.7. The molecule has 2 nitrogen and oxygen atoms in total. The topological polar surface area (TPSA) is 32.3 Å². The van der Waals surface area contributed by atoms with Gasteiger partial charge in [0.2, 0.25) is 0 Å². The summed E-state index contributed by atoms with van der Waals surface area (Å²) >= 11 is 0. The van der Waals surface area contributed by atoms with Crippen molar-refractivity contribution in [1.82, 2.24) is 5.32 Å². The maximum atomic E-state index is 11.3. The first-order valence-corrected chi connectivity index (χ1v) is 12.1. The zero-order valence-corrected chi connectivity index (χ0v) is 16.9. The lowest BCUT2D eigenvalue weighted by Gasteiger charge is -2.42. The van der Waals surface area contributed by atoms with Crippen molar-refractivity contribution in [2.45, 2.75) is 54.0 Å². The van der Waals surface area contributed by atoms with Crippen LogP contribution in [-0.2, 0) is 0 Å². The Balaban J connectivity index is 1.88. The van der Waals surface area contributed by atoms with E-state index in [0.29, 0.717) is 5.92 Å². The van der Waals surface area contributed by atoms with Gasteiger partial charge < -0.3 is 10.4 Å². The molecule has 0 bridgehead atoms. The molecule has 1 fully saturated rings. The molecule has 0 spiro atoms. The van der Waals surface area contributed by atoms with Gasteiger partial charge in [-0.3, -0.25) is 0 Å². The van der Waals surface area contributed by atoms with Gasteiger partial charge in [-0.15, -0.1) is 0 Å². The summed E-state index contributed by atoms with van der Waals surface area (Å²) in [4.78, 5) is 2.70. The normalized spacial score (nSPS) is 19.0. The van der Waals surface area contributed by atoms with E-state index < -0.39 is 10.0 Å². The molecule has 0 saturated heterocycles. The van der Waals surface area contributed by atoms with Crippen molar-refractivity contribution in [2.75, 3.05) is 19.1 Å². The number of hydrogen-bond donors (Lipinski definition) is 2. The highest BCUT2D eigenvalue weighted by atomic mass is 32.3. The minimum atomic E-state index is -1.28. The molecule has 1 aliphatic rings. The standard InChI is InChI=1S/C23H33NOS/c1-24-23(19-12-6-3-7-13-19)22(25)18-26(2,20-14-8-4-9-15-20)21-16-10-5-11-17-21/h4-5,8-11,14-17,19,22-25H,3,6-7,12-13,18H2,1-2H3/t22-,23?/m1/s1. The molecule has 142 valence electrons. The molecule has 1 aliphatic carbocycles. The monoisotopic (exact) mass is 371 g/mol. The Kier molecular flexibility index (Phi) is 6.80. The van der Waals surface area contributed by atoms with Crippen LogP contribution in [0.3, 0.4) is 0 Å². The number of rotatable bonds is 7. The van der Waals surface area contributed by atoms with E-state index in [1.165, 1.54) is 41.9 Å². The Morgan fingerprint density at radius 2 is 1.42 bits per heavy atom.